The first kappa shape index (κ1) is 18.6. The Bertz CT molecular complexity index is 715. The fraction of sp³-hybridized carbons (Fsp3) is 0.263. The molecule has 0 saturated carbocycles. The van der Waals surface area contributed by atoms with Crippen LogP contribution in [-0.4, -0.2) is 58.3 Å². The molecule has 0 unspecified atom stereocenters. The van der Waals surface area contributed by atoms with Crippen molar-refractivity contribution in [3.63, 3.8) is 0 Å². The maximum Gasteiger partial charge on any atom is 0.322 e. The zero-order valence-corrected chi connectivity index (χ0v) is 17.1. The van der Waals surface area contributed by atoms with Crippen LogP contribution in [0.1, 0.15) is 17.2 Å². The van der Waals surface area contributed by atoms with Gasteiger partial charge in [0.25, 0.3) is 0 Å². The molecule has 0 saturated heterocycles. The molecule has 0 aliphatic rings. The highest BCUT2D eigenvalue weighted by molar-refractivity contribution is 6.04. The van der Waals surface area contributed by atoms with Crippen molar-refractivity contribution in [3.8, 4) is 0 Å². The van der Waals surface area contributed by atoms with E-state index in [2.05, 4.69) is 40.9 Å². The lowest BCUT2D eigenvalue weighted by atomic mass is 10.3. The molecule has 3 aromatic rings. The first-order valence-corrected chi connectivity index (χ1v) is 9.65. The van der Waals surface area contributed by atoms with Crippen LogP contribution >= 0.6 is 0 Å². The molecule has 0 aliphatic heterocycles. The van der Waals surface area contributed by atoms with Gasteiger partial charge in [-0.15, -0.1) is 0 Å². The van der Waals surface area contributed by atoms with Gasteiger partial charge in [-0.05, 0) is 36.9 Å². The molecule has 7 heteroatoms. The Morgan fingerprint density at radius 1 is 0.654 bits per heavy atom. The number of rotatable bonds is 9. The Balaban J connectivity index is 1.59. The zero-order chi connectivity index (χ0) is 18.0. The van der Waals surface area contributed by atoms with Crippen LogP contribution in [0.15, 0.2) is 67.3 Å². The molecule has 0 aliphatic carbocycles. The molecular weight excluding hydrogens is 339 g/mol. The molecule has 3 rings (SSSR count). The van der Waals surface area contributed by atoms with Crippen LogP contribution in [0.25, 0.3) is 0 Å². The Kier molecular flexibility index (Phi) is 7.23. The minimum absolute atomic E-state index is 0.719. The first-order chi connectivity index (χ1) is 12.8. The molecule has 0 bridgehead atoms. The second-order valence-corrected chi connectivity index (χ2v) is 7.52. The molecule has 0 atom stereocenters. The SMILES string of the molecule is [AlH2][N](CCN(Cc1ccccn1)Cc1ncccn1)Cc1ccccn1. The van der Waals surface area contributed by atoms with Crippen LogP contribution in [0.2, 0.25) is 0 Å². The highest BCUT2D eigenvalue weighted by atomic mass is 27.1. The van der Waals surface area contributed by atoms with Crippen molar-refractivity contribution in [2.75, 3.05) is 13.1 Å². The van der Waals surface area contributed by atoms with Gasteiger partial charge >= 0.3 is 16.5 Å². The maximum atomic E-state index is 4.46. The topological polar surface area (TPSA) is 58.0 Å². The van der Waals surface area contributed by atoms with Gasteiger partial charge < -0.3 is 3.88 Å². The number of hydrogen-bond donors (Lipinski definition) is 0. The highest BCUT2D eigenvalue weighted by Gasteiger charge is 2.11. The summed E-state index contributed by atoms with van der Waals surface area (Å²) in [5, 5.41) is 0. The van der Waals surface area contributed by atoms with E-state index >= 15 is 0 Å². The van der Waals surface area contributed by atoms with Crippen LogP contribution < -0.4 is 0 Å². The molecule has 0 N–H and O–H groups in total. The van der Waals surface area contributed by atoms with Gasteiger partial charge in [0.1, 0.15) is 5.82 Å². The summed E-state index contributed by atoms with van der Waals surface area (Å²) in [5.41, 5.74) is 2.18. The summed E-state index contributed by atoms with van der Waals surface area (Å²) in [5.74, 6) is 0.841. The van der Waals surface area contributed by atoms with E-state index in [-0.39, 0.29) is 0 Å². The van der Waals surface area contributed by atoms with E-state index in [1.165, 1.54) is 0 Å². The Hall–Kier alpha value is -2.17. The van der Waals surface area contributed by atoms with Crippen LogP contribution in [0.5, 0.6) is 0 Å². The number of pyridine rings is 2. The van der Waals surface area contributed by atoms with E-state index in [1.54, 1.807) is 12.4 Å². The quantitative estimate of drug-likeness (QED) is 0.535. The highest BCUT2D eigenvalue weighted by Crippen LogP contribution is 2.06. The standard InChI is InChI=1S/C19H21N6.Al.2H/c1-3-8-21-17(6-1)14-20-12-13-25(15-18-7-2-4-9-22-18)16-19-23-10-5-11-24-19;;;/h1-11H,12-16H2;;;/q-1;+1;;. The third-order valence-electron chi connectivity index (χ3n) is 4.05. The van der Waals surface area contributed by atoms with Crippen LogP contribution in [0.4, 0.5) is 0 Å². The summed E-state index contributed by atoms with van der Waals surface area (Å²) in [6, 6.07) is 14.0. The molecule has 132 valence electrons. The van der Waals surface area contributed by atoms with E-state index in [4.69, 9.17) is 0 Å². The van der Waals surface area contributed by atoms with Gasteiger partial charge in [0, 0.05) is 44.4 Å². The molecule has 3 heterocycles. The normalized spacial score (nSPS) is 11.2. The van der Waals surface area contributed by atoms with E-state index in [9.17, 15) is 0 Å². The minimum Gasteiger partial charge on any atom is -0.385 e. The van der Waals surface area contributed by atoms with Crippen molar-refractivity contribution in [2.45, 2.75) is 19.6 Å². The summed E-state index contributed by atoms with van der Waals surface area (Å²) >= 11 is 0.995. The zero-order valence-electron chi connectivity index (χ0n) is 15.1. The maximum absolute atomic E-state index is 4.46. The van der Waals surface area contributed by atoms with Crippen LogP contribution in [0.3, 0.4) is 0 Å². The molecule has 0 amide bonds. The van der Waals surface area contributed by atoms with Gasteiger partial charge in [0.15, 0.2) is 0 Å². The third-order valence-corrected chi connectivity index (χ3v) is 4.82. The van der Waals surface area contributed by atoms with Crippen molar-refractivity contribution in [2.24, 2.45) is 0 Å². The van der Waals surface area contributed by atoms with E-state index in [0.29, 0.717) is 0 Å². The minimum atomic E-state index is 0.719. The van der Waals surface area contributed by atoms with Crippen molar-refractivity contribution in [1.29, 1.82) is 0 Å². The average Bonchev–Trinajstić information content (AvgIpc) is 2.68. The monoisotopic (exact) mass is 362 g/mol. The predicted molar refractivity (Wildman–Crippen MR) is 104 cm³/mol. The van der Waals surface area contributed by atoms with Gasteiger partial charge in [-0.1, -0.05) is 12.1 Å². The Morgan fingerprint density at radius 2 is 1.27 bits per heavy atom. The van der Waals surface area contributed by atoms with Crippen LogP contribution in [0, 0.1) is 0 Å². The predicted octanol–water partition coefficient (Wildman–Crippen LogP) is 1.32. The lowest BCUT2D eigenvalue weighted by Gasteiger charge is -2.25. The second-order valence-electron chi connectivity index (χ2n) is 6.26. The van der Waals surface area contributed by atoms with Gasteiger partial charge in [-0.25, -0.2) is 9.97 Å². The van der Waals surface area contributed by atoms with E-state index in [0.717, 1.165) is 66.4 Å². The van der Waals surface area contributed by atoms with E-state index < -0.39 is 0 Å². The largest absolute Gasteiger partial charge is 0.385 e. The van der Waals surface area contributed by atoms with Crippen molar-refractivity contribution < 1.29 is 0 Å². The number of hydrogen-bond acceptors (Lipinski definition) is 6. The number of aromatic nitrogens is 4. The summed E-state index contributed by atoms with van der Waals surface area (Å²) < 4.78 is 2.42. The fourth-order valence-corrected chi connectivity index (χ4v) is 3.23. The van der Waals surface area contributed by atoms with Crippen molar-refractivity contribution >= 4 is 16.5 Å². The van der Waals surface area contributed by atoms with E-state index in [1.807, 2.05) is 42.7 Å². The molecule has 26 heavy (non-hydrogen) atoms. The summed E-state index contributed by atoms with van der Waals surface area (Å²) in [4.78, 5) is 20.0. The van der Waals surface area contributed by atoms with Gasteiger partial charge in [-0.3, -0.25) is 14.9 Å². The molecule has 0 spiro atoms. The molecule has 6 nitrogen and oxygen atoms in total. The van der Waals surface area contributed by atoms with Crippen molar-refractivity contribution in [3.05, 3.63) is 84.5 Å². The van der Waals surface area contributed by atoms with Crippen LogP contribution in [-0.2, 0) is 19.6 Å². The summed E-state index contributed by atoms with van der Waals surface area (Å²) in [7, 11) is 0. The third kappa shape index (κ3) is 6.28. The van der Waals surface area contributed by atoms with Gasteiger partial charge in [0.2, 0.25) is 0 Å². The smallest absolute Gasteiger partial charge is 0.322 e. The molecule has 0 aromatic carbocycles. The molecule has 0 radical (unpaired) electrons. The molecular formula is C19H23AlN6. The Labute approximate surface area is 162 Å². The Morgan fingerprint density at radius 3 is 1.88 bits per heavy atom. The summed E-state index contributed by atoms with van der Waals surface area (Å²) in [6.07, 6.45) is 7.28. The van der Waals surface area contributed by atoms with Crippen molar-refractivity contribution in [1.82, 2.24) is 28.7 Å². The fourth-order valence-electron chi connectivity index (χ4n) is 2.71. The van der Waals surface area contributed by atoms with Gasteiger partial charge in [0.05, 0.1) is 17.9 Å². The number of nitrogens with zero attached hydrogens (tertiary/aromatic N) is 6. The average molecular weight is 362 g/mol. The molecule has 0 fully saturated rings. The first-order valence-electron chi connectivity index (χ1n) is 8.76. The lowest BCUT2D eigenvalue weighted by molar-refractivity contribution is 0.226. The molecule has 3 aromatic heterocycles. The summed E-state index contributed by atoms with van der Waals surface area (Å²) in [6.45, 7) is 4.33. The second kappa shape index (κ2) is 10.1. The van der Waals surface area contributed by atoms with Gasteiger partial charge in [-0.2, -0.15) is 0 Å². The lowest BCUT2D eigenvalue weighted by Crippen LogP contribution is -2.34.